The summed E-state index contributed by atoms with van der Waals surface area (Å²) in [7, 11) is 0. The number of hydrogen-bond acceptors (Lipinski definition) is 3. The minimum absolute atomic E-state index is 0.208. The summed E-state index contributed by atoms with van der Waals surface area (Å²) in [6, 6.07) is 18.5. The lowest BCUT2D eigenvalue weighted by atomic mass is 9.96. The number of nitrogen functional groups attached to an aromatic ring is 1. The van der Waals surface area contributed by atoms with E-state index >= 15 is 0 Å². The molecule has 0 amide bonds. The number of nitrogens with one attached hydrogen (secondary N) is 1. The van der Waals surface area contributed by atoms with Crippen molar-refractivity contribution in [3.05, 3.63) is 95.1 Å². The Morgan fingerprint density at radius 3 is 2.21 bits per heavy atom. The SMILES string of the molecule is CCCOc1ccc(C(NC(C)c2cc(F)cc(F)c2)c2cccc(N)c2)cc1. The second-order valence-corrected chi connectivity index (χ2v) is 7.11. The minimum Gasteiger partial charge on any atom is -0.494 e. The maximum Gasteiger partial charge on any atom is 0.126 e. The molecule has 2 unspecified atom stereocenters. The van der Waals surface area contributed by atoms with Gasteiger partial charge in [0.1, 0.15) is 17.4 Å². The molecule has 0 saturated carbocycles. The van der Waals surface area contributed by atoms with Crippen LogP contribution in [0.15, 0.2) is 66.7 Å². The zero-order valence-electron chi connectivity index (χ0n) is 16.7. The third kappa shape index (κ3) is 5.55. The summed E-state index contributed by atoms with van der Waals surface area (Å²) in [6.07, 6.45) is 0.941. The summed E-state index contributed by atoms with van der Waals surface area (Å²) >= 11 is 0. The van der Waals surface area contributed by atoms with Gasteiger partial charge in [0, 0.05) is 17.8 Å². The first-order valence-corrected chi connectivity index (χ1v) is 9.76. The van der Waals surface area contributed by atoms with Gasteiger partial charge in [0.15, 0.2) is 0 Å². The standard InChI is InChI=1S/C24H26F2N2O/c1-3-11-29-23-9-7-17(8-10-23)24(18-5-4-6-22(27)14-18)28-16(2)19-12-20(25)15-21(26)13-19/h4-10,12-16,24,28H,3,11,27H2,1-2H3. The van der Waals surface area contributed by atoms with Crippen molar-refractivity contribution in [2.75, 3.05) is 12.3 Å². The number of ether oxygens (including phenoxy) is 1. The average molecular weight is 396 g/mol. The molecular weight excluding hydrogens is 370 g/mol. The van der Waals surface area contributed by atoms with Gasteiger partial charge in [-0.3, -0.25) is 5.32 Å². The molecule has 0 saturated heterocycles. The molecule has 0 radical (unpaired) electrons. The molecule has 3 aromatic rings. The monoisotopic (exact) mass is 396 g/mol. The van der Waals surface area contributed by atoms with Gasteiger partial charge in [-0.15, -0.1) is 0 Å². The number of halogens is 2. The fraction of sp³-hybridized carbons (Fsp3) is 0.250. The molecule has 0 aromatic heterocycles. The van der Waals surface area contributed by atoms with E-state index in [1.165, 1.54) is 12.1 Å². The predicted molar refractivity (Wildman–Crippen MR) is 113 cm³/mol. The van der Waals surface area contributed by atoms with Crippen molar-refractivity contribution >= 4 is 5.69 Å². The molecule has 29 heavy (non-hydrogen) atoms. The van der Waals surface area contributed by atoms with E-state index < -0.39 is 11.6 Å². The van der Waals surface area contributed by atoms with E-state index in [1.807, 2.05) is 55.5 Å². The first kappa shape index (κ1) is 20.8. The van der Waals surface area contributed by atoms with Crippen LogP contribution in [0.3, 0.4) is 0 Å². The lowest BCUT2D eigenvalue weighted by Gasteiger charge is -2.25. The molecule has 3 rings (SSSR count). The molecule has 3 nitrogen and oxygen atoms in total. The fourth-order valence-corrected chi connectivity index (χ4v) is 3.27. The van der Waals surface area contributed by atoms with Crippen LogP contribution in [0.4, 0.5) is 14.5 Å². The summed E-state index contributed by atoms with van der Waals surface area (Å²) < 4.78 is 33.0. The van der Waals surface area contributed by atoms with Gasteiger partial charge in [0.25, 0.3) is 0 Å². The number of anilines is 1. The van der Waals surface area contributed by atoms with Crippen LogP contribution in [0.5, 0.6) is 5.75 Å². The minimum atomic E-state index is -0.591. The molecule has 0 bridgehead atoms. The van der Waals surface area contributed by atoms with E-state index in [4.69, 9.17) is 10.5 Å². The predicted octanol–water partition coefficient (Wildman–Crippen LogP) is 5.78. The van der Waals surface area contributed by atoms with Gasteiger partial charge in [-0.2, -0.15) is 0 Å². The maximum absolute atomic E-state index is 13.7. The van der Waals surface area contributed by atoms with Gasteiger partial charge in [0.05, 0.1) is 12.6 Å². The van der Waals surface area contributed by atoms with Crippen molar-refractivity contribution in [1.29, 1.82) is 0 Å². The van der Waals surface area contributed by atoms with Gasteiger partial charge >= 0.3 is 0 Å². The molecule has 3 N–H and O–H groups in total. The first-order valence-electron chi connectivity index (χ1n) is 9.76. The second-order valence-electron chi connectivity index (χ2n) is 7.11. The molecule has 0 spiro atoms. The Balaban J connectivity index is 1.91. The quantitative estimate of drug-likeness (QED) is 0.475. The number of benzene rings is 3. The highest BCUT2D eigenvalue weighted by Gasteiger charge is 2.19. The van der Waals surface area contributed by atoms with Crippen LogP contribution in [-0.4, -0.2) is 6.61 Å². The summed E-state index contributed by atoms with van der Waals surface area (Å²) in [5.41, 5.74) is 9.15. The molecule has 152 valence electrons. The van der Waals surface area contributed by atoms with Crippen LogP contribution < -0.4 is 15.8 Å². The highest BCUT2D eigenvalue weighted by atomic mass is 19.1. The highest BCUT2D eigenvalue weighted by molar-refractivity contribution is 5.45. The molecular formula is C24H26F2N2O. The van der Waals surface area contributed by atoms with Crippen LogP contribution >= 0.6 is 0 Å². The normalized spacial score (nSPS) is 13.1. The topological polar surface area (TPSA) is 47.3 Å². The van der Waals surface area contributed by atoms with Crippen molar-refractivity contribution < 1.29 is 13.5 Å². The van der Waals surface area contributed by atoms with Crippen LogP contribution in [0, 0.1) is 11.6 Å². The molecule has 0 aliphatic rings. The van der Waals surface area contributed by atoms with Crippen molar-refractivity contribution in [3.8, 4) is 5.75 Å². The van der Waals surface area contributed by atoms with Gasteiger partial charge in [-0.05, 0) is 66.4 Å². The molecule has 5 heteroatoms. The molecule has 0 aliphatic heterocycles. The van der Waals surface area contributed by atoms with Crippen molar-refractivity contribution in [3.63, 3.8) is 0 Å². The lowest BCUT2D eigenvalue weighted by Crippen LogP contribution is -2.26. The summed E-state index contributed by atoms with van der Waals surface area (Å²) in [4.78, 5) is 0. The second kappa shape index (κ2) is 9.52. The summed E-state index contributed by atoms with van der Waals surface area (Å²) in [6.45, 7) is 4.61. The van der Waals surface area contributed by atoms with Crippen LogP contribution in [0.25, 0.3) is 0 Å². The fourth-order valence-electron chi connectivity index (χ4n) is 3.27. The third-order valence-electron chi connectivity index (χ3n) is 4.73. The Kier molecular flexibility index (Phi) is 6.83. The van der Waals surface area contributed by atoms with Gasteiger partial charge in [0.2, 0.25) is 0 Å². The van der Waals surface area contributed by atoms with Gasteiger partial charge < -0.3 is 10.5 Å². The Bertz CT molecular complexity index is 924. The average Bonchev–Trinajstić information content (AvgIpc) is 2.70. The van der Waals surface area contributed by atoms with Gasteiger partial charge in [-0.25, -0.2) is 8.78 Å². The Morgan fingerprint density at radius 1 is 0.897 bits per heavy atom. The van der Waals surface area contributed by atoms with Crippen molar-refractivity contribution in [2.45, 2.75) is 32.4 Å². The lowest BCUT2D eigenvalue weighted by molar-refractivity contribution is 0.317. The smallest absolute Gasteiger partial charge is 0.126 e. The van der Waals surface area contributed by atoms with Crippen molar-refractivity contribution in [2.24, 2.45) is 0 Å². The zero-order chi connectivity index (χ0) is 20.8. The Labute approximate surface area is 170 Å². The van der Waals surface area contributed by atoms with Crippen LogP contribution in [0.2, 0.25) is 0 Å². The summed E-state index contributed by atoms with van der Waals surface area (Å²) in [5.74, 6) is -0.375. The molecule has 3 aromatic carbocycles. The number of nitrogens with two attached hydrogens (primary N) is 1. The maximum atomic E-state index is 13.7. The third-order valence-corrected chi connectivity index (χ3v) is 4.73. The Hall–Kier alpha value is -2.92. The zero-order valence-corrected chi connectivity index (χ0v) is 16.7. The Morgan fingerprint density at radius 2 is 1.59 bits per heavy atom. The number of hydrogen-bond donors (Lipinski definition) is 2. The van der Waals surface area contributed by atoms with Crippen LogP contribution in [0.1, 0.15) is 49.0 Å². The molecule has 0 aliphatic carbocycles. The van der Waals surface area contributed by atoms with E-state index in [9.17, 15) is 8.78 Å². The highest BCUT2D eigenvalue weighted by Crippen LogP contribution is 2.29. The van der Waals surface area contributed by atoms with E-state index in [0.29, 0.717) is 17.9 Å². The number of rotatable bonds is 8. The van der Waals surface area contributed by atoms with E-state index in [0.717, 1.165) is 29.4 Å². The molecule has 0 heterocycles. The first-order chi connectivity index (χ1) is 14.0. The largest absolute Gasteiger partial charge is 0.494 e. The molecule has 2 atom stereocenters. The van der Waals surface area contributed by atoms with E-state index in [1.54, 1.807) is 0 Å². The van der Waals surface area contributed by atoms with Gasteiger partial charge in [-0.1, -0.05) is 31.2 Å². The van der Waals surface area contributed by atoms with E-state index in [2.05, 4.69) is 12.2 Å². The van der Waals surface area contributed by atoms with Crippen LogP contribution in [-0.2, 0) is 0 Å². The molecule has 0 fully saturated rings. The van der Waals surface area contributed by atoms with Crippen molar-refractivity contribution in [1.82, 2.24) is 5.32 Å². The van der Waals surface area contributed by atoms with E-state index in [-0.39, 0.29) is 12.1 Å². The summed E-state index contributed by atoms with van der Waals surface area (Å²) in [5, 5.41) is 3.48.